The zero-order valence-corrected chi connectivity index (χ0v) is 18.5. The molecule has 1 aliphatic heterocycles. The molecule has 32 heavy (non-hydrogen) atoms. The summed E-state index contributed by atoms with van der Waals surface area (Å²) in [6, 6.07) is 15.6. The molecule has 2 aromatic carbocycles. The molecule has 3 aromatic rings. The van der Waals surface area contributed by atoms with E-state index in [1.54, 1.807) is 6.07 Å². The third-order valence-corrected chi connectivity index (χ3v) is 5.88. The molecule has 168 valence electrons. The monoisotopic (exact) mass is 435 g/mol. The van der Waals surface area contributed by atoms with Gasteiger partial charge in [-0.05, 0) is 55.4 Å². The van der Waals surface area contributed by atoms with Crippen LogP contribution in [0.3, 0.4) is 0 Å². The second-order valence-corrected chi connectivity index (χ2v) is 8.22. The number of rotatable bonds is 4. The minimum Gasteiger partial charge on any atom is -0.483 e. The Kier molecular flexibility index (Phi) is 7.82. The van der Waals surface area contributed by atoms with E-state index in [4.69, 9.17) is 14.3 Å². The van der Waals surface area contributed by atoms with E-state index in [2.05, 4.69) is 0 Å². The fraction of sp³-hybridized carbons (Fsp3) is 0.346. The van der Waals surface area contributed by atoms with Crippen molar-refractivity contribution in [1.29, 1.82) is 0 Å². The molecule has 2 heterocycles. The third kappa shape index (κ3) is 5.44. The molecule has 6 nitrogen and oxygen atoms in total. The van der Waals surface area contributed by atoms with E-state index < -0.39 is 0 Å². The van der Waals surface area contributed by atoms with Gasteiger partial charge in [-0.2, -0.15) is 0 Å². The molecule has 1 unspecified atom stereocenters. The number of carbonyl (C=O) groups excluding carboxylic acids is 1. The standard InChI is InChI=1S/C25H27NO3.CH2O2/c1-17-8-4-5-9-20(17)22-16-24(27)29-23-15-19(10-11-21(22)23)14-18(2)25(28)26-12-6-3-7-13-26;2-1-3/h4-5,8-11,15-16,18H,3,6-7,12-14H2,1-2H3;1H,(H,2,3). The summed E-state index contributed by atoms with van der Waals surface area (Å²) in [5, 5.41) is 7.80. The van der Waals surface area contributed by atoms with Gasteiger partial charge in [0.25, 0.3) is 6.47 Å². The number of amides is 1. The molecule has 6 heteroatoms. The Balaban J connectivity index is 0.000000913. The summed E-state index contributed by atoms with van der Waals surface area (Å²) in [4.78, 5) is 35.3. The smallest absolute Gasteiger partial charge is 0.336 e. The van der Waals surface area contributed by atoms with E-state index in [0.29, 0.717) is 12.0 Å². The molecular formula is C26H29NO5. The predicted octanol–water partition coefficient (Wildman–Crippen LogP) is 4.66. The normalized spacial score (nSPS) is 14.4. The quantitative estimate of drug-likeness (QED) is 0.476. The fourth-order valence-electron chi connectivity index (χ4n) is 4.30. The van der Waals surface area contributed by atoms with Gasteiger partial charge in [-0.1, -0.05) is 43.3 Å². The van der Waals surface area contributed by atoms with Gasteiger partial charge in [-0.15, -0.1) is 0 Å². The molecule has 0 radical (unpaired) electrons. The van der Waals surface area contributed by atoms with E-state index in [9.17, 15) is 9.59 Å². The summed E-state index contributed by atoms with van der Waals surface area (Å²) < 4.78 is 5.51. The van der Waals surface area contributed by atoms with Gasteiger partial charge in [0.2, 0.25) is 5.91 Å². The molecule has 0 saturated carbocycles. The summed E-state index contributed by atoms with van der Waals surface area (Å²) in [5.41, 5.74) is 4.27. The van der Waals surface area contributed by atoms with Crippen LogP contribution in [0.25, 0.3) is 22.1 Å². The first-order chi connectivity index (χ1) is 15.4. The zero-order chi connectivity index (χ0) is 23.1. The highest BCUT2D eigenvalue weighted by Gasteiger charge is 2.22. The van der Waals surface area contributed by atoms with Crippen LogP contribution in [-0.4, -0.2) is 35.5 Å². The number of nitrogens with zero attached hydrogens (tertiary/aromatic N) is 1. The van der Waals surface area contributed by atoms with Gasteiger partial charge in [-0.25, -0.2) is 4.79 Å². The van der Waals surface area contributed by atoms with Crippen molar-refractivity contribution in [3.05, 3.63) is 70.1 Å². The van der Waals surface area contributed by atoms with Crippen LogP contribution in [0.15, 0.2) is 57.7 Å². The van der Waals surface area contributed by atoms with Gasteiger partial charge in [0.1, 0.15) is 5.58 Å². The Hall–Kier alpha value is -3.41. The largest absolute Gasteiger partial charge is 0.483 e. The molecule has 0 aliphatic carbocycles. The third-order valence-electron chi connectivity index (χ3n) is 5.88. The minimum atomic E-state index is -0.356. The SMILES string of the molecule is Cc1ccccc1-c1cc(=O)oc2cc(CC(C)C(=O)N3CCCCC3)ccc12.O=CO. The van der Waals surface area contributed by atoms with Crippen molar-refractivity contribution >= 4 is 23.3 Å². The lowest BCUT2D eigenvalue weighted by Crippen LogP contribution is -2.39. The number of hydrogen-bond donors (Lipinski definition) is 1. The average molecular weight is 436 g/mol. The van der Waals surface area contributed by atoms with Gasteiger partial charge < -0.3 is 14.4 Å². The number of benzene rings is 2. The van der Waals surface area contributed by atoms with Crippen molar-refractivity contribution in [2.24, 2.45) is 5.92 Å². The fourth-order valence-corrected chi connectivity index (χ4v) is 4.30. The number of likely N-dealkylation sites (tertiary alicyclic amines) is 1. The summed E-state index contributed by atoms with van der Waals surface area (Å²) in [6.07, 6.45) is 4.05. The number of carbonyl (C=O) groups is 2. The highest BCUT2D eigenvalue weighted by Crippen LogP contribution is 2.30. The van der Waals surface area contributed by atoms with Crippen molar-refractivity contribution in [3.63, 3.8) is 0 Å². The lowest BCUT2D eigenvalue weighted by atomic mass is 9.95. The maximum atomic E-state index is 12.7. The van der Waals surface area contributed by atoms with Gasteiger partial charge in [0.15, 0.2) is 0 Å². The topological polar surface area (TPSA) is 87.8 Å². The predicted molar refractivity (Wildman–Crippen MR) is 125 cm³/mol. The molecule has 1 fully saturated rings. The van der Waals surface area contributed by atoms with Crippen LogP contribution in [-0.2, 0) is 16.0 Å². The van der Waals surface area contributed by atoms with Crippen LogP contribution in [0.1, 0.15) is 37.3 Å². The average Bonchev–Trinajstić information content (AvgIpc) is 2.79. The van der Waals surface area contributed by atoms with Crippen molar-refractivity contribution in [2.75, 3.05) is 13.1 Å². The minimum absolute atomic E-state index is 0.0863. The number of piperidine rings is 1. The number of hydrogen-bond acceptors (Lipinski definition) is 4. The van der Waals surface area contributed by atoms with E-state index in [0.717, 1.165) is 53.6 Å². The summed E-state index contributed by atoms with van der Waals surface area (Å²) in [7, 11) is 0. The maximum absolute atomic E-state index is 12.7. The number of fused-ring (bicyclic) bond motifs is 1. The van der Waals surface area contributed by atoms with Gasteiger partial charge in [0.05, 0.1) is 0 Å². The molecule has 1 aliphatic rings. The first-order valence-corrected chi connectivity index (χ1v) is 10.9. The van der Waals surface area contributed by atoms with Gasteiger partial charge >= 0.3 is 5.63 Å². The summed E-state index contributed by atoms with van der Waals surface area (Å²) >= 11 is 0. The van der Waals surface area contributed by atoms with Crippen molar-refractivity contribution < 1.29 is 19.1 Å². The Morgan fingerprint density at radius 3 is 2.47 bits per heavy atom. The lowest BCUT2D eigenvalue weighted by Gasteiger charge is -2.29. The number of aryl methyl sites for hydroxylation is 1. The van der Waals surface area contributed by atoms with Crippen LogP contribution >= 0.6 is 0 Å². The maximum Gasteiger partial charge on any atom is 0.336 e. The van der Waals surface area contributed by atoms with Crippen LogP contribution in [0, 0.1) is 12.8 Å². The van der Waals surface area contributed by atoms with Crippen LogP contribution in [0.2, 0.25) is 0 Å². The molecular weight excluding hydrogens is 406 g/mol. The van der Waals surface area contributed by atoms with Crippen molar-refractivity contribution in [2.45, 2.75) is 39.5 Å². The second-order valence-electron chi connectivity index (χ2n) is 8.22. The Morgan fingerprint density at radius 1 is 1.09 bits per heavy atom. The Labute approximate surface area is 187 Å². The lowest BCUT2D eigenvalue weighted by molar-refractivity contribution is -0.135. The van der Waals surface area contributed by atoms with Gasteiger partial charge in [0, 0.05) is 36.0 Å². The zero-order valence-electron chi connectivity index (χ0n) is 18.5. The molecule has 0 bridgehead atoms. The Morgan fingerprint density at radius 2 is 1.78 bits per heavy atom. The molecule has 0 spiro atoms. The first-order valence-electron chi connectivity index (χ1n) is 10.9. The highest BCUT2D eigenvalue weighted by atomic mass is 16.4. The molecule has 1 amide bonds. The molecule has 1 N–H and O–H groups in total. The van der Waals surface area contributed by atoms with E-state index >= 15 is 0 Å². The molecule has 4 rings (SSSR count). The van der Waals surface area contributed by atoms with E-state index in [1.165, 1.54) is 6.42 Å². The Bertz CT molecular complexity index is 1140. The molecule has 1 aromatic heterocycles. The van der Waals surface area contributed by atoms with Crippen LogP contribution in [0.4, 0.5) is 0 Å². The van der Waals surface area contributed by atoms with E-state index in [-0.39, 0.29) is 23.9 Å². The first kappa shape index (κ1) is 23.3. The van der Waals surface area contributed by atoms with Crippen molar-refractivity contribution in [3.8, 4) is 11.1 Å². The van der Waals surface area contributed by atoms with E-state index in [1.807, 2.05) is 61.2 Å². The molecule has 1 atom stereocenters. The van der Waals surface area contributed by atoms with Gasteiger partial charge in [-0.3, -0.25) is 9.59 Å². The van der Waals surface area contributed by atoms with Crippen LogP contribution in [0.5, 0.6) is 0 Å². The summed E-state index contributed by atoms with van der Waals surface area (Å²) in [6.45, 7) is 5.52. The second kappa shape index (κ2) is 10.8. The highest BCUT2D eigenvalue weighted by molar-refractivity contribution is 5.94. The number of carboxylic acid groups (broad SMARTS) is 1. The van der Waals surface area contributed by atoms with Crippen LogP contribution < -0.4 is 5.63 Å². The molecule has 1 saturated heterocycles. The van der Waals surface area contributed by atoms with Crippen molar-refractivity contribution in [1.82, 2.24) is 4.90 Å². The summed E-state index contributed by atoms with van der Waals surface area (Å²) in [5.74, 6) is 0.136.